The summed E-state index contributed by atoms with van der Waals surface area (Å²) in [4.78, 5) is 41.2. The Morgan fingerprint density at radius 2 is 2.00 bits per heavy atom. The number of aryl methyl sites for hydroxylation is 1. The minimum atomic E-state index is -1.12. The molecule has 2 heterocycles. The fourth-order valence-electron chi connectivity index (χ4n) is 4.02. The van der Waals surface area contributed by atoms with Gasteiger partial charge in [0.2, 0.25) is 0 Å². The zero-order valence-electron chi connectivity index (χ0n) is 15.7. The Kier molecular flexibility index (Phi) is 5.12. The van der Waals surface area contributed by atoms with E-state index in [1.807, 2.05) is 18.2 Å². The van der Waals surface area contributed by atoms with Crippen molar-refractivity contribution in [1.29, 1.82) is 0 Å². The van der Waals surface area contributed by atoms with Crippen molar-refractivity contribution in [2.45, 2.75) is 37.6 Å². The number of nitrogens with zero attached hydrogens (tertiary/aromatic N) is 2. The fraction of sp³-hybridized carbons (Fsp3) is 0.273. The lowest BCUT2D eigenvalue weighted by atomic mass is 9.79. The van der Waals surface area contributed by atoms with E-state index in [9.17, 15) is 19.5 Å². The maximum absolute atomic E-state index is 12.7. The zero-order valence-corrected chi connectivity index (χ0v) is 15.7. The quantitative estimate of drug-likeness (QED) is 0.696. The van der Waals surface area contributed by atoms with Gasteiger partial charge >= 0.3 is 5.97 Å². The lowest BCUT2D eigenvalue weighted by molar-refractivity contribution is -0.139. The highest BCUT2D eigenvalue weighted by Crippen LogP contribution is 2.34. The minimum absolute atomic E-state index is 0.0529. The SMILES string of the molecule is O=C(NC(CC1CCCc2ccccc21)C(=O)O)c1cnc2ccccn2c1=O. The Balaban J connectivity index is 1.57. The summed E-state index contributed by atoms with van der Waals surface area (Å²) in [5.74, 6) is -1.79. The fourth-order valence-corrected chi connectivity index (χ4v) is 4.02. The van der Waals surface area contributed by atoms with E-state index in [2.05, 4.69) is 16.4 Å². The Morgan fingerprint density at radius 1 is 1.21 bits per heavy atom. The molecular weight excluding hydrogens is 370 g/mol. The minimum Gasteiger partial charge on any atom is -0.480 e. The molecular formula is C22H21N3O4. The number of carboxylic acid groups (broad SMARTS) is 1. The topological polar surface area (TPSA) is 101 Å². The maximum Gasteiger partial charge on any atom is 0.326 e. The molecule has 3 aromatic rings. The van der Waals surface area contributed by atoms with Crippen molar-refractivity contribution >= 4 is 17.5 Å². The summed E-state index contributed by atoms with van der Waals surface area (Å²) in [7, 11) is 0. The van der Waals surface area contributed by atoms with E-state index in [0.717, 1.165) is 24.8 Å². The summed E-state index contributed by atoms with van der Waals surface area (Å²) in [6, 6.07) is 12.0. The van der Waals surface area contributed by atoms with Crippen LogP contribution in [-0.4, -0.2) is 32.4 Å². The molecule has 4 rings (SSSR count). The van der Waals surface area contributed by atoms with Crippen LogP contribution in [0.1, 0.15) is 46.7 Å². The van der Waals surface area contributed by atoms with Crippen molar-refractivity contribution in [3.8, 4) is 0 Å². The van der Waals surface area contributed by atoms with Crippen LogP contribution in [0.25, 0.3) is 5.65 Å². The van der Waals surface area contributed by atoms with Gasteiger partial charge in [0.25, 0.3) is 11.5 Å². The standard InChI is InChI=1S/C22H21N3O4/c26-20(17-13-23-19-10-3-4-11-25(19)21(17)27)24-18(22(28)29)12-15-8-5-7-14-6-1-2-9-16(14)15/h1-4,6,9-11,13,15,18H,5,7-8,12H2,(H,24,26)(H,28,29). The van der Waals surface area contributed by atoms with E-state index in [-0.39, 0.29) is 17.9 Å². The van der Waals surface area contributed by atoms with Crippen LogP contribution in [0.15, 0.2) is 59.7 Å². The Hall–Kier alpha value is -3.48. The smallest absolute Gasteiger partial charge is 0.326 e. The van der Waals surface area contributed by atoms with E-state index in [0.29, 0.717) is 5.65 Å². The highest BCUT2D eigenvalue weighted by molar-refractivity contribution is 5.96. The molecule has 2 N–H and O–H groups in total. The summed E-state index contributed by atoms with van der Waals surface area (Å²) in [6.45, 7) is 0. The molecule has 1 aromatic carbocycles. The number of fused-ring (bicyclic) bond motifs is 2. The lowest BCUT2D eigenvalue weighted by Gasteiger charge is -2.28. The molecule has 29 heavy (non-hydrogen) atoms. The average molecular weight is 391 g/mol. The lowest BCUT2D eigenvalue weighted by Crippen LogP contribution is -2.44. The van der Waals surface area contributed by atoms with Crippen LogP contribution < -0.4 is 10.9 Å². The second kappa shape index (κ2) is 7.87. The van der Waals surface area contributed by atoms with Gasteiger partial charge in [0.15, 0.2) is 0 Å². The zero-order chi connectivity index (χ0) is 20.4. The number of hydrogen-bond acceptors (Lipinski definition) is 4. The summed E-state index contributed by atoms with van der Waals surface area (Å²) in [5, 5.41) is 12.2. The van der Waals surface area contributed by atoms with Crippen LogP contribution in [-0.2, 0) is 11.2 Å². The van der Waals surface area contributed by atoms with Gasteiger partial charge in [-0.25, -0.2) is 9.78 Å². The molecule has 7 heteroatoms. The molecule has 2 aromatic heterocycles. The number of aliphatic carboxylic acids is 1. The molecule has 148 valence electrons. The molecule has 2 atom stereocenters. The number of nitrogens with one attached hydrogen (secondary N) is 1. The number of rotatable bonds is 5. The summed E-state index contributed by atoms with van der Waals surface area (Å²) < 4.78 is 1.27. The first-order valence-corrected chi connectivity index (χ1v) is 9.62. The number of carbonyl (C=O) groups excluding carboxylic acids is 1. The number of hydrogen-bond donors (Lipinski definition) is 2. The van der Waals surface area contributed by atoms with Gasteiger partial charge in [-0.15, -0.1) is 0 Å². The normalized spacial score (nSPS) is 16.8. The van der Waals surface area contributed by atoms with Crippen LogP contribution >= 0.6 is 0 Å². The van der Waals surface area contributed by atoms with E-state index in [1.54, 1.807) is 18.2 Å². The second-order valence-corrected chi connectivity index (χ2v) is 7.29. The van der Waals surface area contributed by atoms with Crippen molar-refractivity contribution in [3.05, 3.63) is 81.9 Å². The van der Waals surface area contributed by atoms with E-state index in [1.165, 1.54) is 22.4 Å². The predicted octanol–water partition coefficient (Wildman–Crippen LogP) is 2.39. The van der Waals surface area contributed by atoms with Gasteiger partial charge in [0.05, 0.1) is 0 Å². The van der Waals surface area contributed by atoms with E-state index in [4.69, 9.17) is 0 Å². The molecule has 0 spiro atoms. The first kappa shape index (κ1) is 18.9. The third-order valence-electron chi connectivity index (χ3n) is 5.48. The molecule has 1 aliphatic carbocycles. The second-order valence-electron chi connectivity index (χ2n) is 7.29. The number of carboxylic acids is 1. The molecule has 0 saturated carbocycles. The average Bonchev–Trinajstić information content (AvgIpc) is 2.73. The van der Waals surface area contributed by atoms with Gasteiger partial charge in [-0.2, -0.15) is 0 Å². The van der Waals surface area contributed by atoms with Crippen LogP contribution in [0.2, 0.25) is 0 Å². The van der Waals surface area contributed by atoms with Gasteiger partial charge in [-0.05, 0) is 54.9 Å². The summed E-state index contributed by atoms with van der Waals surface area (Å²) >= 11 is 0. The van der Waals surface area contributed by atoms with E-state index >= 15 is 0 Å². The number of carbonyl (C=O) groups is 2. The van der Waals surface area contributed by atoms with Crippen LogP contribution in [0.4, 0.5) is 0 Å². The van der Waals surface area contributed by atoms with Gasteiger partial charge < -0.3 is 10.4 Å². The van der Waals surface area contributed by atoms with Gasteiger partial charge in [0, 0.05) is 12.4 Å². The van der Waals surface area contributed by atoms with Gasteiger partial charge in [0.1, 0.15) is 17.3 Å². The molecule has 7 nitrogen and oxygen atoms in total. The molecule has 2 unspecified atom stereocenters. The third kappa shape index (κ3) is 3.76. The monoisotopic (exact) mass is 391 g/mol. The third-order valence-corrected chi connectivity index (χ3v) is 5.48. The van der Waals surface area contributed by atoms with Gasteiger partial charge in [-0.1, -0.05) is 30.3 Å². The maximum atomic E-state index is 12.7. The van der Waals surface area contributed by atoms with Crippen molar-refractivity contribution in [3.63, 3.8) is 0 Å². The van der Waals surface area contributed by atoms with Crippen molar-refractivity contribution in [2.75, 3.05) is 0 Å². The highest BCUT2D eigenvalue weighted by atomic mass is 16.4. The van der Waals surface area contributed by atoms with E-state index < -0.39 is 23.5 Å². The molecule has 0 bridgehead atoms. The Morgan fingerprint density at radius 3 is 2.83 bits per heavy atom. The number of amides is 1. The summed E-state index contributed by atoms with van der Waals surface area (Å²) in [5.41, 5.74) is 2.09. The number of benzene rings is 1. The number of aromatic nitrogens is 2. The van der Waals surface area contributed by atoms with Crippen LogP contribution in [0.3, 0.4) is 0 Å². The van der Waals surface area contributed by atoms with Gasteiger partial charge in [-0.3, -0.25) is 14.0 Å². The predicted molar refractivity (Wildman–Crippen MR) is 107 cm³/mol. The largest absolute Gasteiger partial charge is 0.480 e. The van der Waals surface area contributed by atoms with Crippen LogP contribution in [0, 0.1) is 0 Å². The van der Waals surface area contributed by atoms with Crippen molar-refractivity contribution in [2.24, 2.45) is 0 Å². The Bertz CT molecular complexity index is 1140. The Labute approximate surface area is 167 Å². The first-order valence-electron chi connectivity index (χ1n) is 9.62. The van der Waals surface area contributed by atoms with Crippen LogP contribution in [0.5, 0.6) is 0 Å². The molecule has 0 saturated heterocycles. The molecule has 0 radical (unpaired) electrons. The molecule has 1 amide bonds. The number of pyridine rings is 1. The van der Waals surface area contributed by atoms with Crippen molar-refractivity contribution < 1.29 is 14.7 Å². The summed E-state index contributed by atoms with van der Waals surface area (Å²) in [6.07, 6.45) is 5.84. The first-order chi connectivity index (χ1) is 14.0. The van der Waals surface area contributed by atoms with Crippen molar-refractivity contribution in [1.82, 2.24) is 14.7 Å². The highest BCUT2D eigenvalue weighted by Gasteiger charge is 2.29. The molecule has 1 aliphatic rings. The molecule has 0 aliphatic heterocycles. The molecule has 0 fully saturated rings.